The lowest BCUT2D eigenvalue weighted by Crippen LogP contribution is -2.29. The normalized spacial score (nSPS) is 12.7. The van der Waals surface area contributed by atoms with Crippen molar-refractivity contribution < 1.29 is 14.2 Å². The molecular weight excluding hydrogens is 590 g/mol. The minimum Gasteiger partial charge on any atom is -0.376 e. The van der Waals surface area contributed by atoms with Crippen LogP contribution in [0, 0.1) is 0 Å². The molecule has 0 radical (unpaired) electrons. The Kier molecular flexibility index (Phi) is 39.5. The largest absolute Gasteiger partial charge is 0.376 e. The molecule has 0 aromatic rings. The molecule has 0 amide bonds. The van der Waals surface area contributed by atoms with Crippen LogP contribution in [0.5, 0.6) is 0 Å². The van der Waals surface area contributed by atoms with E-state index < -0.39 is 0 Å². The molecule has 4 nitrogen and oxygen atoms in total. The highest BCUT2D eigenvalue weighted by atomic mass is 16.5. The monoisotopic (exact) mass is 682 g/mol. The fraction of sp³-hybridized carbons (Fsp3) is 1.00. The van der Waals surface area contributed by atoms with E-state index in [0.717, 1.165) is 0 Å². The number of ether oxygens (including phenoxy) is 3. The van der Waals surface area contributed by atoms with Gasteiger partial charge in [0.2, 0.25) is 0 Å². The van der Waals surface area contributed by atoms with Crippen LogP contribution in [0.25, 0.3) is 0 Å². The van der Waals surface area contributed by atoms with E-state index in [0.29, 0.717) is 32.8 Å². The third kappa shape index (κ3) is 42.0. The second-order valence-electron chi connectivity index (χ2n) is 16.0. The summed E-state index contributed by atoms with van der Waals surface area (Å²) in [4.78, 5) is 0. The maximum Gasteiger partial charge on any atom is 0.0989 e. The van der Waals surface area contributed by atoms with E-state index in [-0.39, 0.29) is 5.60 Å². The van der Waals surface area contributed by atoms with Gasteiger partial charge in [-0.05, 0) is 33.6 Å². The number of unbranched alkanes of at least 4 members (excludes halogenated alkanes) is 29. The predicted octanol–water partition coefficient (Wildman–Crippen LogP) is 14.6. The molecule has 0 aromatic heterocycles. The number of hydrogen-bond acceptors (Lipinski definition) is 4. The molecule has 0 spiro atoms. The van der Waals surface area contributed by atoms with Crippen LogP contribution in [0.1, 0.15) is 247 Å². The third-order valence-electron chi connectivity index (χ3n) is 9.90. The Labute approximate surface area is 303 Å². The molecule has 0 bridgehead atoms. The Morgan fingerprint density at radius 1 is 0.396 bits per heavy atom. The molecule has 0 aliphatic carbocycles. The molecule has 0 fully saturated rings. The SMILES string of the molecule is CCCCCCCCCCCCCCCCCCC(CCCCCCCCCCCCCCCCC)OCCOCNCOC(C)(C)C. The summed E-state index contributed by atoms with van der Waals surface area (Å²) in [6.45, 7) is 13.2. The second-order valence-corrected chi connectivity index (χ2v) is 16.0. The van der Waals surface area contributed by atoms with Crippen molar-refractivity contribution in [2.24, 2.45) is 0 Å². The Morgan fingerprint density at radius 2 is 0.708 bits per heavy atom. The number of hydrogen-bond donors (Lipinski definition) is 1. The Hall–Kier alpha value is -0.160. The van der Waals surface area contributed by atoms with E-state index in [1.165, 1.54) is 212 Å². The Balaban J connectivity index is 3.90. The summed E-state index contributed by atoms with van der Waals surface area (Å²) < 4.78 is 17.8. The highest BCUT2D eigenvalue weighted by Gasteiger charge is 2.10. The first-order valence-corrected chi connectivity index (χ1v) is 22.0. The first-order valence-electron chi connectivity index (χ1n) is 22.0. The average Bonchev–Trinajstić information content (AvgIpc) is 3.06. The molecular formula is C44H91NO3. The maximum absolute atomic E-state index is 6.36. The minimum absolute atomic E-state index is 0.122. The van der Waals surface area contributed by atoms with Gasteiger partial charge in [0, 0.05) is 0 Å². The molecule has 0 rings (SSSR count). The summed E-state index contributed by atoms with van der Waals surface area (Å²) in [5, 5.41) is 3.20. The van der Waals surface area contributed by atoms with Gasteiger partial charge in [0.15, 0.2) is 0 Å². The molecule has 0 saturated heterocycles. The van der Waals surface area contributed by atoms with Crippen LogP contribution in [-0.2, 0) is 14.2 Å². The van der Waals surface area contributed by atoms with Crippen LogP contribution in [-0.4, -0.2) is 38.4 Å². The van der Waals surface area contributed by atoms with Crippen molar-refractivity contribution in [3.05, 3.63) is 0 Å². The molecule has 1 atom stereocenters. The lowest BCUT2D eigenvalue weighted by atomic mass is 10.0. The molecule has 290 valence electrons. The van der Waals surface area contributed by atoms with Crippen LogP contribution >= 0.6 is 0 Å². The van der Waals surface area contributed by atoms with Crippen molar-refractivity contribution >= 4 is 0 Å². The van der Waals surface area contributed by atoms with E-state index in [2.05, 4.69) is 39.9 Å². The quantitative estimate of drug-likeness (QED) is 0.0515. The predicted molar refractivity (Wildman–Crippen MR) is 213 cm³/mol. The smallest absolute Gasteiger partial charge is 0.0989 e. The molecule has 0 aliphatic heterocycles. The summed E-state index contributed by atoms with van der Waals surface area (Å²) in [5.74, 6) is 0. The lowest BCUT2D eigenvalue weighted by Gasteiger charge is -2.20. The highest BCUT2D eigenvalue weighted by Crippen LogP contribution is 2.19. The van der Waals surface area contributed by atoms with Gasteiger partial charge in [-0.15, -0.1) is 0 Å². The highest BCUT2D eigenvalue weighted by molar-refractivity contribution is 4.61. The molecule has 0 aliphatic rings. The Bertz CT molecular complexity index is 578. The van der Waals surface area contributed by atoms with Crippen LogP contribution in [0.2, 0.25) is 0 Å². The average molecular weight is 682 g/mol. The molecule has 0 heterocycles. The van der Waals surface area contributed by atoms with Crippen molar-refractivity contribution in [3.63, 3.8) is 0 Å². The zero-order chi connectivity index (χ0) is 35.1. The van der Waals surface area contributed by atoms with Gasteiger partial charge in [0.25, 0.3) is 0 Å². The van der Waals surface area contributed by atoms with Gasteiger partial charge in [-0.25, -0.2) is 0 Å². The van der Waals surface area contributed by atoms with Crippen molar-refractivity contribution in [2.75, 3.05) is 26.7 Å². The summed E-state index contributed by atoms with van der Waals surface area (Å²) in [7, 11) is 0. The standard InChI is InChI=1S/C44H91NO3/c1-6-8-10-12-14-16-18-20-22-24-26-28-30-32-34-36-38-43(47-40-39-46-41-45-42-48-44(3,4)5)37-35-33-31-29-27-25-23-21-19-17-15-13-11-9-7-2/h43,45H,6-42H2,1-5H3. The molecule has 4 heteroatoms. The van der Waals surface area contributed by atoms with E-state index in [4.69, 9.17) is 14.2 Å². The molecule has 1 N–H and O–H groups in total. The summed E-state index contributed by atoms with van der Waals surface area (Å²) >= 11 is 0. The van der Waals surface area contributed by atoms with Gasteiger partial charge >= 0.3 is 0 Å². The van der Waals surface area contributed by atoms with Gasteiger partial charge in [0.05, 0.1) is 38.4 Å². The molecule has 0 saturated carbocycles. The van der Waals surface area contributed by atoms with Crippen molar-refractivity contribution in [1.29, 1.82) is 0 Å². The fourth-order valence-corrected chi connectivity index (χ4v) is 6.70. The van der Waals surface area contributed by atoms with Gasteiger partial charge in [-0.2, -0.15) is 0 Å². The van der Waals surface area contributed by atoms with Crippen LogP contribution in [0.4, 0.5) is 0 Å². The summed E-state index contributed by atoms with van der Waals surface area (Å²) in [5.41, 5.74) is -0.122. The number of rotatable bonds is 41. The minimum atomic E-state index is -0.122. The van der Waals surface area contributed by atoms with Crippen LogP contribution in [0.3, 0.4) is 0 Å². The van der Waals surface area contributed by atoms with Gasteiger partial charge in [0.1, 0.15) is 0 Å². The third-order valence-corrected chi connectivity index (χ3v) is 9.90. The van der Waals surface area contributed by atoms with Crippen LogP contribution in [0.15, 0.2) is 0 Å². The second kappa shape index (κ2) is 39.6. The fourth-order valence-electron chi connectivity index (χ4n) is 6.70. The van der Waals surface area contributed by atoms with Crippen molar-refractivity contribution in [2.45, 2.75) is 258 Å². The Morgan fingerprint density at radius 3 is 1.02 bits per heavy atom. The van der Waals surface area contributed by atoms with E-state index in [1.54, 1.807) is 0 Å². The number of nitrogens with one attached hydrogen (secondary N) is 1. The van der Waals surface area contributed by atoms with Gasteiger partial charge < -0.3 is 14.2 Å². The van der Waals surface area contributed by atoms with Crippen molar-refractivity contribution in [1.82, 2.24) is 5.32 Å². The van der Waals surface area contributed by atoms with E-state index in [1.807, 2.05) is 0 Å². The molecule has 48 heavy (non-hydrogen) atoms. The zero-order valence-electron chi connectivity index (χ0n) is 34.0. The summed E-state index contributed by atoms with van der Waals surface area (Å²) in [6.07, 6.45) is 47.0. The molecule has 1 unspecified atom stereocenters. The maximum atomic E-state index is 6.36. The van der Waals surface area contributed by atoms with Gasteiger partial charge in [-0.3, -0.25) is 5.32 Å². The summed E-state index contributed by atoms with van der Waals surface area (Å²) in [6, 6.07) is 0. The van der Waals surface area contributed by atoms with Gasteiger partial charge in [-0.1, -0.05) is 213 Å². The van der Waals surface area contributed by atoms with Crippen LogP contribution < -0.4 is 5.32 Å². The van der Waals surface area contributed by atoms with E-state index >= 15 is 0 Å². The topological polar surface area (TPSA) is 39.7 Å². The van der Waals surface area contributed by atoms with E-state index in [9.17, 15) is 0 Å². The molecule has 0 aromatic carbocycles. The lowest BCUT2D eigenvalue weighted by molar-refractivity contribution is -0.0395. The van der Waals surface area contributed by atoms with Crippen molar-refractivity contribution in [3.8, 4) is 0 Å². The first kappa shape index (κ1) is 47.8. The first-order chi connectivity index (χ1) is 23.5. The zero-order valence-corrected chi connectivity index (χ0v) is 34.0.